The van der Waals surface area contributed by atoms with Gasteiger partial charge in [0.2, 0.25) is 0 Å². The second-order valence-electron chi connectivity index (χ2n) is 3.65. The molecule has 0 saturated carbocycles. The fourth-order valence-corrected chi connectivity index (χ4v) is 2.82. The molecule has 2 rings (SSSR count). The summed E-state index contributed by atoms with van der Waals surface area (Å²) >= 11 is 13.8. The highest BCUT2D eigenvalue weighted by atomic mass is 127. The topological polar surface area (TPSA) is 12.9 Å². The summed E-state index contributed by atoms with van der Waals surface area (Å²) < 4.78 is 38.0. The Morgan fingerprint density at radius 2 is 1.68 bits per heavy atom. The SMILES string of the molecule is FC(F)(F)c1cnc(-c2c(Cl)cccc2Cl)c(I)c1. The van der Waals surface area contributed by atoms with Gasteiger partial charge in [-0.05, 0) is 40.8 Å². The van der Waals surface area contributed by atoms with Gasteiger partial charge in [-0.15, -0.1) is 0 Å². The highest BCUT2D eigenvalue weighted by Gasteiger charge is 2.31. The van der Waals surface area contributed by atoms with Crippen LogP contribution in [0.2, 0.25) is 10.0 Å². The minimum atomic E-state index is -4.42. The zero-order valence-electron chi connectivity index (χ0n) is 9.10. The van der Waals surface area contributed by atoms with Crippen LogP contribution >= 0.6 is 45.8 Å². The van der Waals surface area contributed by atoms with Gasteiger partial charge in [0, 0.05) is 15.3 Å². The fourth-order valence-electron chi connectivity index (χ4n) is 1.50. The molecule has 1 aromatic heterocycles. The summed E-state index contributed by atoms with van der Waals surface area (Å²) in [6.07, 6.45) is -3.65. The number of benzene rings is 1. The molecule has 0 aliphatic rings. The van der Waals surface area contributed by atoms with Gasteiger partial charge in [0.1, 0.15) is 0 Å². The molecule has 0 aliphatic heterocycles. The molecule has 0 N–H and O–H groups in total. The minimum Gasteiger partial charge on any atom is -0.254 e. The van der Waals surface area contributed by atoms with Crippen LogP contribution in [0.1, 0.15) is 5.56 Å². The Bertz CT molecular complexity index is 609. The largest absolute Gasteiger partial charge is 0.417 e. The van der Waals surface area contributed by atoms with Gasteiger partial charge in [0.15, 0.2) is 0 Å². The van der Waals surface area contributed by atoms with E-state index in [1.165, 1.54) is 0 Å². The highest BCUT2D eigenvalue weighted by Crippen LogP contribution is 2.37. The van der Waals surface area contributed by atoms with Crippen LogP contribution in [0, 0.1) is 3.57 Å². The van der Waals surface area contributed by atoms with Crippen molar-refractivity contribution in [1.29, 1.82) is 0 Å². The molecule has 0 radical (unpaired) electrons. The van der Waals surface area contributed by atoms with Crippen molar-refractivity contribution >= 4 is 45.8 Å². The Kier molecular flexibility index (Phi) is 4.27. The Hall–Kier alpha value is -0.530. The van der Waals surface area contributed by atoms with Gasteiger partial charge in [0.05, 0.1) is 21.3 Å². The van der Waals surface area contributed by atoms with Crippen LogP contribution in [-0.4, -0.2) is 4.98 Å². The molecule has 0 saturated heterocycles. The number of halogens is 6. The second-order valence-corrected chi connectivity index (χ2v) is 5.63. The third kappa shape index (κ3) is 3.14. The molecule has 0 aliphatic carbocycles. The predicted molar refractivity (Wildman–Crippen MR) is 77.4 cm³/mol. The van der Waals surface area contributed by atoms with Crippen molar-refractivity contribution in [1.82, 2.24) is 4.98 Å². The number of alkyl halides is 3. The van der Waals surface area contributed by atoms with Crippen LogP contribution in [0.5, 0.6) is 0 Å². The van der Waals surface area contributed by atoms with Crippen molar-refractivity contribution in [2.24, 2.45) is 0 Å². The number of nitrogens with zero attached hydrogens (tertiary/aromatic N) is 1. The Balaban J connectivity index is 2.59. The first-order chi connectivity index (χ1) is 8.80. The molecule has 0 spiro atoms. The summed E-state index contributed by atoms with van der Waals surface area (Å²) in [7, 11) is 0. The predicted octanol–water partition coefficient (Wildman–Crippen LogP) is 5.68. The van der Waals surface area contributed by atoms with Crippen LogP contribution < -0.4 is 0 Å². The van der Waals surface area contributed by atoms with Crippen molar-refractivity contribution < 1.29 is 13.2 Å². The van der Waals surface area contributed by atoms with Gasteiger partial charge >= 0.3 is 6.18 Å². The third-order valence-electron chi connectivity index (χ3n) is 2.37. The van der Waals surface area contributed by atoms with Crippen molar-refractivity contribution in [2.45, 2.75) is 6.18 Å². The van der Waals surface area contributed by atoms with Gasteiger partial charge in [-0.25, -0.2) is 0 Å². The number of pyridine rings is 1. The normalized spacial score (nSPS) is 11.7. The lowest BCUT2D eigenvalue weighted by molar-refractivity contribution is -0.137. The number of aromatic nitrogens is 1. The number of rotatable bonds is 1. The van der Waals surface area contributed by atoms with E-state index in [9.17, 15) is 13.2 Å². The highest BCUT2D eigenvalue weighted by molar-refractivity contribution is 14.1. The maximum Gasteiger partial charge on any atom is 0.417 e. The van der Waals surface area contributed by atoms with E-state index in [-0.39, 0.29) is 0 Å². The van der Waals surface area contributed by atoms with E-state index < -0.39 is 11.7 Å². The Morgan fingerprint density at radius 3 is 2.16 bits per heavy atom. The van der Waals surface area contributed by atoms with E-state index in [4.69, 9.17) is 23.2 Å². The van der Waals surface area contributed by atoms with Gasteiger partial charge in [0.25, 0.3) is 0 Å². The lowest BCUT2D eigenvalue weighted by atomic mass is 10.1. The monoisotopic (exact) mass is 417 g/mol. The van der Waals surface area contributed by atoms with Crippen LogP contribution in [-0.2, 0) is 6.18 Å². The van der Waals surface area contributed by atoms with Crippen molar-refractivity contribution in [3.63, 3.8) is 0 Å². The molecule has 0 unspecified atom stereocenters. The molecule has 1 aromatic carbocycles. The first kappa shape index (κ1) is 14.9. The summed E-state index contributed by atoms with van der Waals surface area (Å²) in [6, 6.07) is 5.89. The Morgan fingerprint density at radius 1 is 1.11 bits per heavy atom. The summed E-state index contributed by atoms with van der Waals surface area (Å²) in [5.41, 5.74) is -0.0306. The lowest BCUT2D eigenvalue weighted by Gasteiger charge is -2.11. The molecule has 0 atom stereocenters. The molecule has 7 heteroatoms. The summed E-state index contributed by atoms with van der Waals surface area (Å²) in [6.45, 7) is 0. The van der Waals surface area contributed by atoms with E-state index in [0.29, 0.717) is 24.9 Å². The molecule has 1 nitrogen and oxygen atoms in total. The van der Waals surface area contributed by atoms with Gasteiger partial charge < -0.3 is 0 Å². The van der Waals surface area contributed by atoms with Crippen LogP contribution in [0.15, 0.2) is 30.5 Å². The summed E-state index contributed by atoms with van der Waals surface area (Å²) in [4.78, 5) is 3.84. The maximum absolute atomic E-state index is 12.6. The molecule has 1 heterocycles. The van der Waals surface area contributed by atoms with Crippen LogP contribution in [0.4, 0.5) is 13.2 Å². The number of hydrogen-bond donors (Lipinski definition) is 0. The Labute approximate surface area is 130 Å². The molecule has 0 amide bonds. The van der Waals surface area contributed by atoms with Crippen molar-refractivity contribution in [3.05, 3.63) is 49.6 Å². The molecular formula is C12H5Cl2F3IN. The van der Waals surface area contributed by atoms with Crippen LogP contribution in [0.25, 0.3) is 11.3 Å². The zero-order chi connectivity index (χ0) is 14.2. The van der Waals surface area contributed by atoms with E-state index in [0.717, 1.165) is 12.3 Å². The summed E-state index contributed by atoms with van der Waals surface area (Å²) in [5, 5.41) is 0.690. The molecule has 0 bridgehead atoms. The molecular weight excluding hydrogens is 413 g/mol. The smallest absolute Gasteiger partial charge is 0.254 e. The standard InChI is InChI=1S/C12H5Cl2F3IN/c13-7-2-1-3-8(14)10(7)11-9(18)4-6(5-19-11)12(15,16)17/h1-5H. The van der Waals surface area contributed by atoms with Gasteiger partial charge in [-0.3, -0.25) is 4.98 Å². The van der Waals surface area contributed by atoms with Gasteiger partial charge in [-0.1, -0.05) is 29.3 Å². The van der Waals surface area contributed by atoms with Crippen LogP contribution in [0.3, 0.4) is 0 Å². The third-order valence-corrected chi connectivity index (χ3v) is 3.82. The quantitative estimate of drug-likeness (QED) is 0.544. The van der Waals surface area contributed by atoms with Crippen molar-refractivity contribution in [2.75, 3.05) is 0 Å². The van der Waals surface area contributed by atoms with E-state index in [1.54, 1.807) is 40.8 Å². The average molecular weight is 418 g/mol. The molecule has 100 valence electrons. The van der Waals surface area contributed by atoms with E-state index in [1.807, 2.05) is 0 Å². The number of hydrogen-bond acceptors (Lipinski definition) is 1. The first-order valence-electron chi connectivity index (χ1n) is 4.98. The lowest BCUT2D eigenvalue weighted by Crippen LogP contribution is -2.06. The first-order valence-corrected chi connectivity index (χ1v) is 6.81. The second kappa shape index (κ2) is 5.46. The molecule has 2 aromatic rings. The van der Waals surface area contributed by atoms with Gasteiger partial charge in [-0.2, -0.15) is 13.2 Å². The van der Waals surface area contributed by atoms with Crippen molar-refractivity contribution in [3.8, 4) is 11.3 Å². The average Bonchev–Trinajstić information content (AvgIpc) is 2.29. The molecule has 0 fully saturated rings. The van der Waals surface area contributed by atoms with E-state index in [2.05, 4.69) is 4.98 Å². The fraction of sp³-hybridized carbons (Fsp3) is 0.0833. The summed E-state index contributed by atoms with van der Waals surface area (Å²) in [5.74, 6) is 0. The zero-order valence-corrected chi connectivity index (χ0v) is 12.8. The van der Waals surface area contributed by atoms with E-state index >= 15 is 0 Å². The maximum atomic E-state index is 12.6. The molecule has 19 heavy (non-hydrogen) atoms. The minimum absolute atomic E-state index is 0.336.